The van der Waals surface area contributed by atoms with Crippen LogP contribution in [0.5, 0.6) is 0 Å². The van der Waals surface area contributed by atoms with Crippen LogP contribution in [-0.2, 0) is 14.3 Å². The number of aliphatic carboxylic acids is 1. The predicted octanol–water partition coefficient (Wildman–Crippen LogP) is 1.56. The van der Waals surface area contributed by atoms with Crippen LogP contribution < -0.4 is 5.32 Å². The van der Waals surface area contributed by atoms with Gasteiger partial charge in [0.25, 0.3) is 0 Å². The van der Waals surface area contributed by atoms with Gasteiger partial charge < -0.3 is 15.2 Å². The SMILES string of the molecule is CC(C)(C)C(CC(=O)O)NC(=O)CC1CCCO1. The van der Waals surface area contributed by atoms with Gasteiger partial charge in [0.05, 0.1) is 18.9 Å². The van der Waals surface area contributed by atoms with Crippen LogP contribution >= 0.6 is 0 Å². The van der Waals surface area contributed by atoms with Crippen LogP contribution in [0.3, 0.4) is 0 Å². The summed E-state index contributed by atoms with van der Waals surface area (Å²) in [6.07, 6.45) is 2.17. The van der Waals surface area contributed by atoms with E-state index in [0.717, 1.165) is 19.4 Å². The molecule has 18 heavy (non-hydrogen) atoms. The summed E-state index contributed by atoms with van der Waals surface area (Å²) in [6.45, 7) is 6.49. The van der Waals surface area contributed by atoms with Gasteiger partial charge in [-0.15, -0.1) is 0 Å². The molecule has 0 spiro atoms. The molecule has 0 aromatic rings. The minimum Gasteiger partial charge on any atom is -0.481 e. The number of rotatable bonds is 5. The van der Waals surface area contributed by atoms with E-state index in [2.05, 4.69) is 5.32 Å². The number of hydrogen-bond acceptors (Lipinski definition) is 3. The van der Waals surface area contributed by atoms with Crippen molar-refractivity contribution < 1.29 is 19.4 Å². The molecule has 0 aromatic heterocycles. The zero-order valence-electron chi connectivity index (χ0n) is 11.4. The number of carboxylic acid groups (broad SMARTS) is 1. The summed E-state index contributed by atoms with van der Waals surface area (Å²) in [6, 6.07) is -0.357. The van der Waals surface area contributed by atoms with Crippen molar-refractivity contribution in [2.75, 3.05) is 6.61 Å². The average molecular weight is 257 g/mol. The standard InChI is InChI=1S/C13H23NO4/c1-13(2,3)10(8-12(16)17)14-11(15)7-9-5-4-6-18-9/h9-10H,4-8H2,1-3H3,(H,14,15)(H,16,17). The molecule has 2 N–H and O–H groups in total. The van der Waals surface area contributed by atoms with E-state index in [4.69, 9.17) is 9.84 Å². The maximum Gasteiger partial charge on any atom is 0.305 e. The molecule has 0 bridgehead atoms. The van der Waals surface area contributed by atoms with Gasteiger partial charge in [0.1, 0.15) is 0 Å². The Balaban J connectivity index is 2.48. The van der Waals surface area contributed by atoms with E-state index in [-0.39, 0.29) is 29.9 Å². The lowest BCUT2D eigenvalue weighted by molar-refractivity contribution is -0.138. The molecule has 1 saturated heterocycles. The number of carboxylic acids is 1. The van der Waals surface area contributed by atoms with E-state index in [1.54, 1.807) is 0 Å². The lowest BCUT2D eigenvalue weighted by Crippen LogP contribution is -2.45. The number of amides is 1. The third-order valence-corrected chi connectivity index (χ3v) is 3.20. The normalized spacial score (nSPS) is 21.6. The minimum atomic E-state index is -0.896. The van der Waals surface area contributed by atoms with Crippen molar-refractivity contribution in [3.63, 3.8) is 0 Å². The highest BCUT2D eigenvalue weighted by Gasteiger charge is 2.29. The molecular weight excluding hydrogens is 234 g/mol. The Hall–Kier alpha value is -1.10. The molecule has 1 heterocycles. The van der Waals surface area contributed by atoms with Gasteiger partial charge in [-0.2, -0.15) is 0 Å². The minimum absolute atomic E-state index is 0.00422. The topological polar surface area (TPSA) is 75.6 Å². The molecule has 2 atom stereocenters. The predicted molar refractivity (Wildman–Crippen MR) is 67.2 cm³/mol. The molecule has 0 aromatic carbocycles. The number of ether oxygens (including phenoxy) is 1. The molecular formula is C13H23NO4. The Morgan fingerprint density at radius 3 is 2.56 bits per heavy atom. The molecule has 2 unspecified atom stereocenters. The van der Waals surface area contributed by atoms with Crippen molar-refractivity contribution in [1.82, 2.24) is 5.32 Å². The summed E-state index contributed by atoms with van der Waals surface area (Å²) >= 11 is 0. The number of carbonyl (C=O) groups is 2. The molecule has 0 aliphatic carbocycles. The van der Waals surface area contributed by atoms with Gasteiger partial charge in [0.2, 0.25) is 5.91 Å². The van der Waals surface area contributed by atoms with Crippen LogP contribution in [0.2, 0.25) is 0 Å². The maximum atomic E-state index is 11.9. The summed E-state index contributed by atoms with van der Waals surface area (Å²) in [5.41, 5.74) is -0.273. The number of carbonyl (C=O) groups excluding carboxylic acids is 1. The highest BCUT2D eigenvalue weighted by molar-refractivity contribution is 5.78. The Morgan fingerprint density at radius 1 is 1.44 bits per heavy atom. The molecule has 1 rings (SSSR count). The van der Waals surface area contributed by atoms with Crippen molar-refractivity contribution in [2.45, 2.75) is 58.6 Å². The first-order valence-corrected chi connectivity index (χ1v) is 6.42. The van der Waals surface area contributed by atoms with E-state index in [1.807, 2.05) is 20.8 Å². The van der Waals surface area contributed by atoms with E-state index in [0.29, 0.717) is 6.42 Å². The Bertz CT molecular complexity index is 303. The third kappa shape index (κ3) is 5.04. The van der Waals surface area contributed by atoms with Crippen molar-refractivity contribution in [2.24, 2.45) is 5.41 Å². The van der Waals surface area contributed by atoms with Crippen LogP contribution in [0, 0.1) is 5.41 Å². The van der Waals surface area contributed by atoms with E-state index < -0.39 is 5.97 Å². The smallest absolute Gasteiger partial charge is 0.305 e. The molecule has 5 nitrogen and oxygen atoms in total. The first kappa shape index (κ1) is 15.0. The molecule has 0 radical (unpaired) electrons. The second-order valence-electron chi connectivity index (χ2n) is 5.92. The molecule has 5 heteroatoms. The van der Waals surface area contributed by atoms with Crippen molar-refractivity contribution in [3.8, 4) is 0 Å². The van der Waals surface area contributed by atoms with Gasteiger partial charge in [-0.1, -0.05) is 20.8 Å². The van der Waals surface area contributed by atoms with Crippen LogP contribution in [0.4, 0.5) is 0 Å². The molecule has 1 fully saturated rings. The third-order valence-electron chi connectivity index (χ3n) is 3.20. The Morgan fingerprint density at radius 2 is 2.11 bits per heavy atom. The van der Waals surface area contributed by atoms with Gasteiger partial charge in [-0.05, 0) is 18.3 Å². The van der Waals surface area contributed by atoms with Gasteiger partial charge >= 0.3 is 5.97 Å². The summed E-state index contributed by atoms with van der Waals surface area (Å²) < 4.78 is 5.39. The van der Waals surface area contributed by atoms with Crippen molar-refractivity contribution >= 4 is 11.9 Å². The first-order valence-electron chi connectivity index (χ1n) is 6.42. The maximum absolute atomic E-state index is 11.9. The molecule has 1 aliphatic heterocycles. The highest BCUT2D eigenvalue weighted by Crippen LogP contribution is 2.22. The van der Waals surface area contributed by atoms with Crippen molar-refractivity contribution in [1.29, 1.82) is 0 Å². The van der Waals surface area contributed by atoms with Gasteiger partial charge in [0, 0.05) is 12.6 Å². The van der Waals surface area contributed by atoms with E-state index >= 15 is 0 Å². The second-order valence-corrected chi connectivity index (χ2v) is 5.92. The van der Waals surface area contributed by atoms with Crippen LogP contribution in [0.1, 0.15) is 46.5 Å². The van der Waals surface area contributed by atoms with Crippen molar-refractivity contribution in [3.05, 3.63) is 0 Å². The number of hydrogen-bond donors (Lipinski definition) is 2. The fraction of sp³-hybridized carbons (Fsp3) is 0.846. The van der Waals surface area contributed by atoms with Crippen LogP contribution in [0.15, 0.2) is 0 Å². The van der Waals surface area contributed by atoms with E-state index in [9.17, 15) is 9.59 Å². The fourth-order valence-electron chi connectivity index (χ4n) is 2.01. The summed E-state index contributed by atoms with van der Waals surface area (Å²) in [4.78, 5) is 22.7. The van der Waals surface area contributed by atoms with Gasteiger partial charge in [-0.3, -0.25) is 9.59 Å². The van der Waals surface area contributed by atoms with Crippen LogP contribution in [0.25, 0.3) is 0 Å². The summed E-state index contributed by atoms with van der Waals surface area (Å²) in [5.74, 6) is -1.02. The second kappa shape index (κ2) is 6.18. The lowest BCUT2D eigenvalue weighted by Gasteiger charge is -2.30. The summed E-state index contributed by atoms with van der Waals surface area (Å²) in [5, 5.41) is 11.7. The summed E-state index contributed by atoms with van der Waals surface area (Å²) in [7, 11) is 0. The van der Waals surface area contributed by atoms with Crippen LogP contribution in [-0.4, -0.2) is 35.7 Å². The molecule has 1 amide bonds. The van der Waals surface area contributed by atoms with Gasteiger partial charge in [0.15, 0.2) is 0 Å². The van der Waals surface area contributed by atoms with E-state index in [1.165, 1.54) is 0 Å². The number of nitrogens with one attached hydrogen (secondary N) is 1. The Kier molecular flexibility index (Phi) is 5.14. The molecule has 1 aliphatic rings. The Labute approximate surface area is 108 Å². The zero-order valence-corrected chi connectivity index (χ0v) is 11.4. The zero-order chi connectivity index (χ0) is 13.8. The highest BCUT2D eigenvalue weighted by atomic mass is 16.5. The fourth-order valence-corrected chi connectivity index (χ4v) is 2.01. The molecule has 0 saturated carbocycles. The quantitative estimate of drug-likeness (QED) is 0.783. The molecule has 104 valence electrons. The lowest BCUT2D eigenvalue weighted by atomic mass is 9.84. The average Bonchev–Trinajstić information content (AvgIpc) is 2.67. The largest absolute Gasteiger partial charge is 0.481 e. The monoisotopic (exact) mass is 257 g/mol. The first-order chi connectivity index (χ1) is 8.29. The van der Waals surface area contributed by atoms with Gasteiger partial charge in [-0.25, -0.2) is 0 Å².